The fourth-order valence-electron chi connectivity index (χ4n) is 4.56. The SMILES string of the molecule is COc1ccccc1N1C(=O)C(c2ccc(NC(C)=O)cc2)=C(N2CCc3ccccc32)C1=O. The quantitative estimate of drug-likeness (QED) is 0.591. The number of para-hydroxylation sites is 3. The van der Waals surface area contributed by atoms with E-state index in [1.807, 2.05) is 29.2 Å². The van der Waals surface area contributed by atoms with Gasteiger partial charge in [0.15, 0.2) is 0 Å². The van der Waals surface area contributed by atoms with E-state index in [2.05, 4.69) is 5.32 Å². The van der Waals surface area contributed by atoms with Gasteiger partial charge in [0, 0.05) is 24.8 Å². The van der Waals surface area contributed by atoms with Crippen molar-refractivity contribution in [2.75, 3.05) is 28.8 Å². The van der Waals surface area contributed by atoms with Gasteiger partial charge in [-0.15, -0.1) is 0 Å². The predicted molar refractivity (Wildman–Crippen MR) is 131 cm³/mol. The van der Waals surface area contributed by atoms with Crippen molar-refractivity contribution in [3.63, 3.8) is 0 Å². The van der Waals surface area contributed by atoms with Gasteiger partial charge in [-0.05, 0) is 47.9 Å². The Balaban J connectivity index is 1.65. The van der Waals surface area contributed by atoms with Gasteiger partial charge in [-0.1, -0.05) is 42.5 Å². The number of hydrogen-bond donors (Lipinski definition) is 1. The largest absolute Gasteiger partial charge is 0.495 e. The number of nitrogens with zero attached hydrogens (tertiary/aromatic N) is 2. The summed E-state index contributed by atoms with van der Waals surface area (Å²) in [4.78, 5) is 42.2. The third kappa shape index (κ3) is 3.51. The van der Waals surface area contributed by atoms with Crippen LogP contribution in [0.5, 0.6) is 5.75 Å². The van der Waals surface area contributed by atoms with Crippen LogP contribution < -0.4 is 19.9 Å². The number of methoxy groups -OCH3 is 1. The van der Waals surface area contributed by atoms with Crippen LogP contribution in [0.4, 0.5) is 17.1 Å². The van der Waals surface area contributed by atoms with Gasteiger partial charge in [-0.2, -0.15) is 0 Å². The van der Waals surface area contributed by atoms with Crippen molar-refractivity contribution in [2.24, 2.45) is 0 Å². The van der Waals surface area contributed by atoms with Crippen molar-refractivity contribution in [1.82, 2.24) is 0 Å². The van der Waals surface area contributed by atoms with Crippen LogP contribution in [0.25, 0.3) is 5.57 Å². The fraction of sp³-hybridized carbons (Fsp3) is 0.148. The van der Waals surface area contributed by atoms with Gasteiger partial charge in [0.2, 0.25) is 5.91 Å². The summed E-state index contributed by atoms with van der Waals surface area (Å²) in [6.07, 6.45) is 0.782. The molecule has 0 fully saturated rings. The van der Waals surface area contributed by atoms with E-state index in [1.165, 1.54) is 18.9 Å². The first-order valence-electron chi connectivity index (χ1n) is 11.0. The number of amides is 3. The normalized spacial score (nSPS) is 15.1. The average molecular weight is 453 g/mol. The van der Waals surface area contributed by atoms with E-state index in [4.69, 9.17) is 4.74 Å². The number of ether oxygens (including phenoxy) is 1. The molecule has 5 rings (SSSR count). The highest BCUT2D eigenvalue weighted by Gasteiger charge is 2.44. The van der Waals surface area contributed by atoms with Crippen LogP contribution in [0.3, 0.4) is 0 Å². The lowest BCUT2D eigenvalue weighted by Crippen LogP contribution is -2.35. The van der Waals surface area contributed by atoms with Crippen molar-refractivity contribution < 1.29 is 19.1 Å². The maximum atomic E-state index is 13.9. The number of nitrogens with one attached hydrogen (secondary N) is 1. The number of carbonyl (C=O) groups excluding carboxylic acids is 3. The molecule has 7 heteroatoms. The molecular formula is C27H23N3O4. The molecule has 0 atom stereocenters. The highest BCUT2D eigenvalue weighted by molar-refractivity contribution is 6.46. The van der Waals surface area contributed by atoms with Crippen molar-refractivity contribution in [2.45, 2.75) is 13.3 Å². The van der Waals surface area contributed by atoms with Crippen molar-refractivity contribution in [3.8, 4) is 5.75 Å². The Kier molecular flexibility index (Phi) is 5.37. The van der Waals surface area contributed by atoms with Gasteiger partial charge in [0.1, 0.15) is 11.4 Å². The van der Waals surface area contributed by atoms with Crippen LogP contribution in [0.1, 0.15) is 18.1 Å². The van der Waals surface area contributed by atoms with E-state index < -0.39 is 11.8 Å². The lowest BCUT2D eigenvalue weighted by Gasteiger charge is -2.22. The van der Waals surface area contributed by atoms with Gasteiger partial charge in [-0.3, -0.25) is 14.4 Å². The van der Waals surface area contributed by atoms with Crippen LogP contribution >= 0.6 is 0 Å². The molecule has 0 saturated carbocycles. The second-order valence-electron chi connectivity index (χ2n) is 8.13. The summed E-state index contributed by atoms with van der Waals surface area (Å²) in [6, 6.07) is 21.8. The summed E-state index contributed by atoms with van der Waals surface area (Å²) in [6.45, 7) is 2.03. The number of benzene rings is 3. The molecule has 0 unspecified atom stereocenters. The molecule has 2 aliphatic rings. The average Bonchev–Trinajstić information content (AvgIpc) is 3.37. The highest BCUT2D eigenvalue weighted by Crippen LogP contribution is 2.42. The molecule has 0 spiro atoms. The Hall–Kier alpha value is -4.39. The minimum atomic E-state index is -0.416. The number of fused-ring (bicyclic) bond motifs is 1. The summed E-state index contributed by atoms with van der Waals surface area (Å²) < 4.78 is 5.45. The first-order valence-corrected chi connectivity index (χ1v) is 11.0. The van der Waals surface area contributed by atoms with E-state index >= 15 is 0 Å². The standard InChI is InChI=1S/C27H23N3O4/c1-17(31)28-20-13-11-19(12-14-20)24-25(29-16-15-18-7-3-4-8-21(18)29)27(33)30(26(24)32)22-9-5-6-10-23(22)34-2/h3-14H,15-16H2,1-2H3,(H,28,31). The van der Waals surface area contributed by atoms with Crippen molar-refractivity contribution in [1.29, 1.82) is 0 Å². The first-order chi connectivity index (χ1) is 16.5. The molecule has 3 aromatic rings. The van der Waals surface area contributed by atoms with E-state index in [1.54, 1.807) is 48.5 Å². The number of anilines is 3. The fourth-order valence-corrected chi connectivity index (χ4v) is 4.56. The maximum absolute atomic E-state index is 13.9. The Bertz CT molecular complexity index is 1340. The molecular weight excluding hydrogens is 430 g/mol. The van der Waals surface area contributed by atoms with Crippen LogP contribution in [-0.4, -0.2) is 31.4 Å². The smallest absolute Gasteiger partial charge is 0.282 e. The van der Waals surface area contributed by atoms with Crippen LogP contribution in [-0.2, 0) is 20.8 Å². The molecule has 7 nitrogen and oxygen atoms in total. The third-order valence-electron chi connectivity index (χ3n) is 6.04. The summed E-state index contributed by atoms with van der Waals surface area (Å²) in [7, 11) is 1.51. The van der Waals surface area contributed by atoms with Gasteiger partial charge in [-0.25, -0.2) is 4.90 Å². The van der Waals surface area contributed by atoms with Crippen molar-refractivity contribution >= 4 is 40.4 Å². The molecule has 0 aromatic heterocycles. The molecule has 2 aliphatic heterocycles. The van der Waals surface area contributed by atoms with Gasteiger partial charge in [0.05, 0.1) is 18.4 Å². The Labute approximate surface area is 197 Å². The summed E-state index contributed by atoms with van der Waals surface area (Å²) in [5.41, 5.74) is 4.33. The lowest BCUT2D eigenvalue weighted by molar-refractivity contribution is -0.120. The molecule has 34 heavy (non-hydrogen) atoms. The number of rotatable bonds is 5. The van der Waals surface area contributed by atoms with Gasteiger partial charge in [0.25, 0.3) is 11.8 Å². The third-order valence-corrected chi connectivity index (χ3v) is 6.04. The second-order valence-corrected chi connectivity index (χ2v) is 8.13. The molecule has 0 radical (unpaired) electrons. The number of carbonyl (C=O) groups is 3. The Morgan fingerprint density at radius 2 is 1.56 bits per heavy atom. The maximum Gasteiger partial charge on any atom is 0.282 e. The number of hydrogen-bond acceptors (Lipinski definition) is 5. The van der Waals surface area contributed by atoms with E-state index in [9.17, 15) is 14.4 Å². The van der Waals surface area contributed by atoms with E-state index in [0.717, 1.165) is 17.7 Å². The Morgan fingerprint density at radius 1 is 0.882 bits per heavy atom. The second kappa shape index (κ2) is 8.51. The molecule has 170 valence electrons. The Morgan fingerprint density at radius 3 is 2.26 bits per heavy atom. The zero-order valence-electron chi connectivity index (χ0n) is 18.9. The molecule has 0 bridgehead atoms. The minimum Gasteiger partial charge on any atom is -0.495 e. The number of imide groups is 1. The monoisotopic (exact) mass is 453 g/mol. The molecule has 3 aromatic carbocycles. The minimum absolute atomic E-state index is 0.184. The zero-order chi connectivity index (χ0) is 23.8. The van der Waals surface area contributed by atoms with E-state index in [-0.39, 0.29) is 5.91 Å². The van der Waals surface area contributed by atoms with Crippen LogP contribution in [0, 0.1) is 0 Å². The summed E-state index contributed by atoms with van der Waals surface area (Å²) >= 11 is 0. The molecule has 3 amide bonds. The first kappa shape index (κ1) is 21.5. The molecule has 1 N–H and O–H groups in total. The summed E-state index contributed by atoms with van der Waals surface area (Å²) in [5, 5.41) is 2.73. The van der Waals surface area contributed by atoms with Crippen molar-refractivity contribution in [3.05, 3.63) is 89.6 Å². The highest BCUT2D eigenvalue weighted by atomic mass is 16.5. The molecule has 0 aliphatic carbocycles. The van der Waals surface area contributed by atoms with E-state index in [0.29, 0.717) is 40.5 Å². The predicted octanol–water partition coefficient (Wildman–Crippen LogP) is 4.00. The molecule has 0 saturated heterocycles. The van der Waals surface area contributed by atoms with Crippen LogP contribution in [0.15, 0.2) is 78.5 Å². The lowest BCUT2D eigenvalue weighted by atomic mass is 10.0. The topological polar surface area (TPSA) is 79.0 Å². The molecule has 2 heterocycles. The van der Waals surface area contributed by atoms with Crippen LogP contribution in [0.2, 0.25) is 0 Å². The summed E-state index contributed by atoms with van der Waals surface area (Å²) in [5.74, 6) is -0.559. The zero-order valence-corrected chi connectivity index (χ0v) is 18.9. The van der Waals surface area contributed by atoms with Gasteiger partial charge < -0.3 is 15.0 Å². The van der Waals surface area contributed by atoms with Gasteiger partial charge >= 0.3 is 0 Å².